The van der Waals surface area contributed by atoms with Gasteiger partial charge in [-0.1, -0.05) is 19.1 Å². The number of hydrogen-bond donors (Lipinski definition) is 2. The molecule has 0 radical (unpaired) electrons. The molecule has 0 spiro atoms. The van der Waals surface area contributed by atoms with Crippen molar-refractivity contribution in [3.63, 3.8) is 0 Å². The summed E-state index contributed by atoms with van der Waals surface area (Å²) >= 11 is 0. The van der Waals surface area contributed by atoms with Crippen LogP contribution in [0, 0.1) is 0 Å². The van der Waals surface area contributed by atoms with Crippen molar-refractivity contribution in [3.05, 3.63) is 41.5 Å². The van der Waals surface area contributed by atoms with Crippen LogP contribution in [0.1, 0.15) is 30.2 Å². The van der Waals surface area contributed by atoms with E-state index < -0.39 is 5.91 Å². The highest BCUT2D eigenvalue weighted by molar-refractivity contribution is 5.75. The zero-order valence-electron chi connectivity index (χ0n) is 14.3. The van der Waals surface area contributed by atoms with Gasteiger partial charge in [0.15, 0.2) is 12.4 Å². The molecule has 3 N–H and O–H groups in total. The first-order valence-electron chi connectivity index (χ1n) is 8.39. The van der Waals surface area contributed by atoms with Crippen LogP contribution in [-0.2, 0) is 22.5 Å². The molecule has 1 aliphatic heterocycles. The lowest BCUT2D eigenvalue weighted by molar-refractivity contribution is -0.119. The number of hydrogen-bond acceptors (Lipinski definition) is 6. The summed E-state index contributed by atoms with van der Waals surface area (Å²) in [5.74, 6) is 1.73. The first kappa shape index (κ1) is 17.4. The summed E-state index contributed by atoms with van der Waals surface area (Å²) in [4.78, 5) is 17.6. The van der Waals surface area contributed by atoms with E-state index in [-0.39, 0.29) is 12.7 Å². The van der Waals surface area contributed by atoms with Gasteiger partial charge in [-0.3, -0.25) is 14.8 Å². The number of morpholine rings is 1. The van der Waals surface area contributed by atoms with Gasteiger partial charge >= 0.3 is 0 Å². The predicted molar refractivity (Wildman–Crippen MR) is 90.9 cm³/mol. The third-order valence-corrected chi connectivity index (χ3v) is 4.01. The van der Waals surface area contributed by atoms with Gasteiger partial charge in [0.25, 0.3) is 5.91 Å². The number of aromatic nitrogens is 3. The number of carbonyl (C=O) groups excluding carboxylic acids is 1. The summed E-state index contributed by atoms with van der Waals surface area (Å²) in [5, 5.41) is 7.19. The highest BCUT2D eigenvalue weighted by Gasteiger charge is 2.25. The van der Waals surface area contributed by atoms with Gasteiger partial charge in [-0.15, -0.1) is 0 Å². The Morgan fingerprint density at radius 2 is 2.40 bits per heavy atom. The second-order valence-electron chi connectivity index (χ2n) is 5.99. The second-order valence-corrected chi connectivity index (χ2v) is 5.99. The van der Waals surface area contributed by atoms with Crippen molar-refractivity contribution < 1.29 is 14.3 Å². The number of primary amides is 1. The fraction of sp³-hybridized carbons (Fsp3) is 0.471. The van der Waals surface area contributed by atoms with Gasteiger partial charge in [0, 0.05) is 26.1 Å². The number of ether oxygens (including phenoxy) is 2. The maximum absolute atomic E-state index is 10.8. The minimum Gasteiger partial charge on any atom is -0.484 e. The van der Waals surface area contributed by atoms with Gasteiger partial charge in [-0.2, -0.15) is 5.10 Å². The molecular weight excluding hydrogens is 322 g/mol. The van der Waals surface area contributed by atoms with Crippen LogP contribution in [0.25, 0.3) is 0 Å². The lowest BCUT2D eigenvalue weighted by atomic mass is 10.1. The highest BCUT2D eigenvalue weighted by atomic mass is 16.5. The first-order valence-corrected chi connectivity index (χ1v) is 8.39. The van der Waals surface area contributed by atoms with E-state index >= 15 is 0 Å². The smallest absolute Gasteiger partial charge is 0.255 e. The standard InChI is InChI=1S/C17H23N5O3/c1-2-16-19-17(21-20-16)14-10-22(6-7-24-14)9-12-4-3-5-13(8-12)25-11-15(18)23/h3-5,8,14H,2,6-7,9-11H2,1H3,(H2,18,23)(H,19,20,21)/t14-/m1/s1. The zero-order valence-corrected chi connectivity index (χ0v) is 14.3. The van der Waals surface area contributed by atoms with Crippen molar-refractivity contribution in [3.8, 4) is 5.75 Å². The van der Waals surface area contributed by atoms with E-state index in [2.05, 4.69) is 20.1 Å². The van der Waals surface area contributed by atoms with Crippen LogP contribution in [0.2, 0.25) is 0 Å². The third kappa shape index (κ3) is 4.77. The molecule has 2 aromatic rings. The number of rotatable bonds is 7. The molecule has 1 atom stereocenters. The Morgan fingerprint density at radius 3 is 3.16 bits per heavy atom. The lowest BCUT2D eigenvalue weighted by Gasteiger charge is -2.31. The number of benzene rings is 1. The predicted octanol–water partition coefficient (Wildman–Crippen LogP) is 0.805. The fourth-order valence-electron chi connectivity index (χ4n) is 2.76. The van der Waals surface area contributed by atoms with Crippen molar-refractivity contribution in [1.82, 2.24) is 20.1 Å². The average Bonchev–Trinajstić information content (AvgIpc) is 3.10. The average molecular weight is 345 g/mol. The van der Waals surface area contributed by atoms with Crippen LogP contribution in [0.4, 0.5) is 0 Å². The summed E-state index contributed by atoms with van der Waals surface area (Å²) in [7, 11) is 0. The summed E-state index contributed by atoms with van der Waals surface area (Å²) in [6, 6.07) is 7.68. The summed E-state index contributed by atoms with van der Waals surface area (Å²) in [6.07, 6.45) is 0.696. The molecule has 1 aliphatic rings. The fourth-order valence-corrected chi connectivity index (χ4v) is 2.76. The van der Waals surface area contributed by atoms with Crippen LogP contribution in [0.5, 0.6) is 5.75 Å². The Balaban J connectivity index is 1.60. The van der Waals surface area contributed by atoms with Crippen LogP contribution in [-0.4, -0.2) is 52.3 Å². The second kappa shape index (κ2) is 8.09. The number of amides is 1. The number of aryl methyl sites for hydroxylation is 1. The molecule has 1 fully saturated rings. The van der Waals surface area contributed by atoms with Gasteiger partial charge in [0.05, 0.1) is 6.61 Å². The summed E-state index contributed by atoms with van der Waals surface area (Å²) in [6.45, 7) is 4.89. The van der Waals surface area contributed by atoms with Crippen LogP contribution in [0.3, 0.4) is 0 Å². The van der Waals surface area contributed by atoms with E-state index in [9.17, 15) is 4.79 Å². The lowest BCUT2D eigenvalue weighted by Crippen LogP contribution is -2.38. The molecule has 25 heavy (non-hydrogen) atoms. The van der Waals surface area contributed by atoms with Gasteiger partial charge in [-0.25, -0.2) is 4.98 Å². The molecule has 1 saturated heterocycles. The minimum absolute atomic E-state index is 0.117. The molecular formula is C17H23N5O3. The van der Waals surface area contributed by atoms with Crippen molar-refractivity contribution in [2.75, 3.05) is 26.3 Å². The third-order valence-electron chi connectivity index (χ3n) is 4.01. The summed E-state index contributed by atoms with van der Waals surface area (Å²) < 4.78 is 11.2. The molecule has 1 aromatic carbocycles. The van der Waals surface area contributed by atoms with Gasteiger partial charge in [-0.05, 0) is 17.7 Å². The summed E-state index contributed by atoms with van der Waals surface area (Å²) in [5.41, 5.74) is 6.21. The topological polar surface area (TPSA) is 106 Å². The molecule has 2 heterocycles. The van der Waals surface area contributed by atoms with E-state index in [0.717, 1.165) is 37.4 Å². The van der Waals surface area contributed by atoms with Crippen LogP contribution < -0.4 is 10.5 Å². The maximum atomic E-state index is 10.8. The van der Waals surface area contributed by atoms with E-state index in [1.54, 1.807) is 0 Å². The van der Waals surface area contributed by atoms with E-state index in [0.29, 0.717) is 18.2 Å². The zero-order chi connectivity index (χ0) is 17.6. The number of H-pyrrole nitrogens is 1. The molecule has 1 aromatic heterocycles. The Morgan fingerprint density at radius 1 is 1.52 bits per heavy atom. The van der Waals surface area contributed by atoms with Crippen molar-refractivity contribution in [2.45, 2.75) is 26.0 Å². The molecule has 0 unspecified atom stereocenters. The SMILES string of the molecule is CCc1nc([C@H]2CN(Cc3cccc(OCC(N)=O)c3)CCO2)n[nH]1. The Hall–Kier alpha value is -2.45. The van der Waals surface area contributed by atoms with Gasteiger partial charge < -0.3 is 15.2 Å². The molecule has 0 aliphatic carbocycles. The Kier molecular flexibility index (Phi) is 5.62. The molecule has 8 nitrogen and oxygen atoms in total. The largest absolute Gasteiger partial charge is 0.484 e. The van der Waals surface area contributed by atoms with E-state index in [4.69, 9.17) is 15.2 Å². The minimum atomic E-state index is -0.487. The molecule has 3 rings (SSSR count). The van der Waals surface area contributed by atoms with Gasteiger partial charge in [0.1, 0.15) is 17.7 Å². The number of carbonyl (C=O) groups is 1. The quantitative estimate of drug-likeness (QED) is 0.769. The molecule has 8 heteroatoms. The van der Waals surface area contributed by atoms with Crippen molar-refractivity contribution in [1.29, 1.82) is 0 Å². The molecule has 0 bridgehead atoms. The molecule has 134 valence electrons. The molecule has 1 amide bonds. The number of nitrogens with two attached hydrogens (primary N) is 1. The van der Waals surface area contributed by atoms with Gasteiger partial charge in [0.2, 0.25) is 0 Å². The molecule has 0 saturated carbocycles. The van der Waals surface area contributed by atoms with E-state index in [1.165, 1.54) is 0 Å². The van der Waals surface area contributed by atoms with E-state index in [1.807, 2.05) is 31.2 Å². The van der Waals surface area contributed by atoms with Crippen molar-refractivity contribution in [2.24, 2.45) is 5.73 Å². The number of aromatic amines is 1. The maximum Gasteiger partial charge on any atom is 0.255 e. The Bertz CT molecular complexity index is 718. The Labute approximate surface area is 146 Å². The normalized spacial score (nSPS) is 18.2. The number of nitrogens with zero attached hydrogens (tertiary/aromatic N) is 3. The van der Waals surface area contributed by atoms with Crippen molar-refractivity contribution >= 4 is 5.91 Å². The number of nitrogens with one attached hydrogen (secondary N) is 1. The van der Waals surface area contributed by atoms with Crippen LogP contribution >= 0.6 is 0 Å². The van der Waals surface area contributed by atoms with Crippen LogP contribution in [0.15, 0.2) is 24.3 Å². The first-order chi connectivity index (χ1) is 12.1. The monoisotopic (exact) mass is 345 g/mol. The highest BCUT2D eigenvalue weighted by Crippen LogP contribution is 2.22.